The van der Waals surface area contributed by atoms with Crippen molar-refractivity contribution in [1.82, 2.24) is 9.59 Å². The smallest absolute Gasteiger partial charge is 0.311 e. The minimum Gasteiger partial charge on any atom is -0.311 e. The van der Waals surface area contributed by atoms with Gasteiger partial charge in [0.1, 0.15) is 10.8 Å². The van der Waals surface area contributed by atoms with Crippen LogP contribution >= 0.6 is 11.5 Å². The number of aromatic nitrogens is 2. The fourth-order valence-electron chi connectivity index (χ4n) is 1.33. The largest absolute Gasteiger partial charge is 0.419 e. The molecule has 0 unspecified atom stereocenters. The van der Waals surface area contributed by atoms with Crippen molar-refractivity contribution in [3.63, 3.8) is 0 Å². The van der Waals surface area contributed by atoms with Gasteiger partial charge in [-0.2, -0.15) is 13.2 Å². The van der Waals surface area contributed by atoms with Crippen LogP contribution in [0.3, 0.4) is 0 Å². The molecule has 1 heterocycles. The van der Waals surface area contributed by atoms with Gasteiger partial charge >= 0.3 is 6.18 Å². The molecule has 0 spiro atoms. The molecule has 4 nitrogen and oxygen atoms in total. The van der Waals surface area contributed by atoms with E-state index in [2.05, 4.69) is 14.9 Å². The van der Waals surface area contributed by atoms with E-state index in [-0.39, 0.29) is 5.00 Å². The van der Waals surface area contributed by atoms with Gasteiger partial charge in [-0.05, 0) is 12.1 Å². The Labute approximate surface area is 108 Å². The summed E-state index contributed by atoms with van der Waals surface area (Å²) in [6, 6.07) is 2.50. The summed E-state index contributed by atoms with van der Waals surface area (Å²) in [6.07, 6.45) is -3.65. The topological polar surface area (TPSA) is 54.9 Å². The third kappa shape index (κ3) is 2.87. The number of amides is 1. The van der Waals surface area contributed by atoms with Crippen LogP contribution < -0.4 is 5.32 Å². The molecule has 0 fully saturated rings. The van der Waals surface area contributed by atoms with Gasteiger partial charge in [-0.25, -0.2) is 4.39 Å². The van der Waals surface area contributed by atoms with Crippen molar-refractivity contribution in [3.8, 4) is 0 Å². The van der Waals surface area contributed by atoms with Crippen LogP contribution in [-0.2, 0) is 6.18 Å². The highest BCUT2D eigenvalue weighted by Crippen LogP contribution is 2.32. The van der Waals surface area contributed by atoms with Gasteiger partial charge in [0.25, 0.3) is 5.91 Å². The van der Waals surface area contributed by atoms with Crippen LogP contribution in [0.1, 0.15) is 15.9 Å². The van der Waals surface area contributed by atoms with Crippen LogP contribution in [0.2, 0.25) is 0 Å². The van der Waals surface area contributed by atoms with Crippen molar-refractivity contribution in [3.05, 3.63) is 41.3 Å². The summed E-state index contributed by atoms with van der Waals surface area (Å²) in [4.78, 5) is 11.6. The second-order valence-electron chi connectivity index (χ2n) is 3.40. The Kier molecular flexibility index (Phi) is 3.47. The van der Waals surface area contributed by atoms with Crippen molar-refractivity contribution >= 4 is 22.4 Å². The van der Waals surface area contributed by atoms with Crippen molar-refractivity contribution in [2.75, 3.05) is 5.32 Å². The number of halogens is 4. The van der Waals surface area contributed by atoms with Crippen LogP contribution in [0.5, 0.6) is 0 Å². The van der Waals surface area contributed by atoms with Gasteiger partial charge in [0.2, 0.25) is 0 Å². The predicted octanol–water partition coefficient (Wildman–Crippen LogP) is 2.95. The van der Waals surface area contributed by atoms with Crippen LogP contribution in [0, 0.1) is 5.82 Å². The van der Waals surface area contributed by atoms with Crippen molar-refractivity contribution < 1.29 is 22.4 Å². The molecule has 1 aromatic carbocycles. The first-order valence-electron chi connectivity index (χ1n) is 4.84. The first-order valence-corrected chi connectivity index (χ1v) is 5.61. The number of nitrogens with one attached hydrogen (secondary N) is 1. The van der Waals surface area contributed by atoms with Crippen LogP contribution in [0.15, 0.2) is 24.4 Å². The summed E-state index contributed by atoms with van der Waals surface area (Å²) in [5.74, 6) is -2.60. The molecule has 0 bridgehead atoms. The molecule has 1 aromatic heterocycles. The van der Waals surface area contributed by atoms with Gasteiger partial charge < -0.3 is 5.32 Å². The summed E-state index contributed by atoms with van der Waals surface area (Å²) < 4.78 is 54.5. The van der Waals surface area contributed by atoms with Crippen molar-refractivity contribution in [1.29, 1.82) is 0 Å². The molecule has 9 heteroatoms. The molecule has 100 valence electrons. The Morgan fingerprint density at radius 3 is 2.63 bits per heavy atom. The summed E-state index contributed by atoms with van der Waals surface area (Å²) in [5.41, 5.74) is -2.18. The molecule has 0 aliphatic heterocycles. The van der Waals surface area contributed by atoms with E-state index in [4.69, 9.17) is 0 Å². The van der Waals surface area contributed by atoms with E-state index in [0.717, 1.165) is 23.7 Å². The first kappa shape index (κ1) is 13.4. The maximum atomic E-state index is 13.6. The minimum atomic E-state index is -4.85. The number of benzene rings is 1. The lowest BCUT2D eigenvalue weighted by atomic mass is 10.1. The highest BCUT2D eigenvalue weighted by Gasteiger charge is 2.35. The van der Waals surface area contributed by atoms with Gasteiger partial charge in [-0.3, -0.25) is 4.79 Å². The maximum Gasteiger partial charge on any atom is 0.419 e. The zero-order chi connectivity index (χ0) is 14.0. The van der Waals surface area contributed by atoms with E-state index in [0.29, 0.717) is 6.07 Å². The van der Waals surface area contributed by atoms with E-state index in [1.165, 1.54) is 6.20 Å². The van der Waals surface area contributed by atoms with E-state index in [1.807, 2.05) is 0 Å². The fraction of sp³-hybridized carbons (Fsp3) is 0.100. The molecule has 2 rings (SSSR count). The second kappa shape index (κ2) is 4.92. The molecular formula is C10H5F4N3OS. The number of carbonyl (C=O) groups excluding carboxylic acids is 1. The third-order valence-corrected chi connectivity index (χ3v) is 2.73. The minimum absolute atomic E-state index is 0.210. The lowest BCUT2D eigenvalue weighted by molar-refractivity contribution is -0.140. The Hall–Kier alpha value is -2.03. The molecule has 2 aromatic rings. The van der Waals surface area contributed by atoms with Gasteiger partial charge in [0.05, 0.1) is 17.3 Å². The van der Waals surface area contributed by atoms with Gasteiger partial charge in [-0.15, -0.1) is 5.10 Å². The number of hydrogen-bond acceptors (Lipinski definition) is 4. The molecule has 0 aliphatic carbocycles. The third-order valence-electron chi connectivity index (χ3n) is 2.15. The quantitative estimate of drug-likeness (QED) is 0.865. The molecule has 0 atom stereocenters. The van der Waals surface area contributed by atoms with Crippen LogP contribution in [0.4, 0.5) is 22.6 Å². The molecular weight excluding hydrogens is 286 g/mol. The monoisotopic (exact) mass is 291 g/mol. The Bertz CT molecular complexity index is 597. The molecule has 0 saturated carbocycles. The maximum absolute atomic E-state index is 13.6. The number of nitrogens with zero attached hydrogens (tertiary/aromatic N) is 2. The van der Waals surface area contributed by atoms with Gasteiger partial charge in [0, 0.05) is 11.5 Å². The van der Waals surface area contributed by atoms with Crippen molar-refractivity contribution in [2.24, 2.45) is 0 Å². The summed E-state index contributed by atoms with van der Waals surface area (Å²) in [5, 5.41) is 5.84. The molecule has 1 N–H and O–H groups in total. The Morgan fingerprint density at radius 2 is 2.05 bits per heavy atom. The second-order valence-corrected chi connectivity index (χ2v) is 4.19. The molecule has 1 amide bonds. The zero-order valence-corrected chi connectivity index (χ0v) is 9.85. The van der Waals surface area contributed by atoms with Crippen LogP contribution in [-0.4, -0.2) is 15.5 Å². The summed E-state index contributed by atoms with van der Waals surface area (Å²) >= 11 is 0.824. The zero-order valence-electron chi connectivity index (χ0n) is 9.03. The van der Waals surface area contributed by atoms with E-state index >= 15 is 0 Å². The SMILES string of the molecule is O=C(Nc1cnns1)c1cccc(C(F)(F)F)c1F. The first-order chi connectivity index (χ1) is 8.89. The highest BCUT2D eigenvalue weighted by atomic mass is 32.1. The van der Waals surface area contributed by atoms with Gasteiger partial charge in [0.15, 0.2) is 0 Å². The lowest BCUT2D eigenvalue weighted by Gasteiger charge is -2.10. The number of hydrogen-bond donors (Lipinski definition) is 1. The summed E-state index contributed by atoms with van der Waals surface area (Å²) in [7, 11) is 0. The number of alkyl halides is 3. The Morgan fingerprint density at radius 1 is 1.32 bits per heavy atom. The Balaban J connectivity index is 2.33. The number of rotatable bonds is 2. The fourth-order valence-corrected chi connectivity index (χ4v) is 1.74. The molecule has 0 aliphatic rings. The van der Waals surface area contributed by atoms with E-state index in [1.54, 1.807) is 0 Å². The average molecular weight is 291 g/mol. The van der Waals surface area contributed by atoms with E-state index in [9.17, 15) is 22.4 Å². The lowest BCUT2D eigenvalue weighted by Crippen LogP contribution is -2.17. The molecule has 0 saturated heterocycles. The standard InChI is InChI=1S/C10H5F4N3OS/c11-8-5(2-1-3-6(8)10(12,13)14)9(18)16-7-4-15-17-19-7/h1-4H,(H,16,18). The predicted molar refractivity (Wildman–Crippen MR) is 59.3 cm³/mol. The summed E-state index contributed by atoms with van der Waals surface area (Å²) in [6.45, 7) is 0. The highest BCUT2D eigenvalue weighted by molar-refractivity contribution is 7.10. The number of carbonyl (C=O) groups is 1. The van der Waals surface area contributed by atoms with E-state index < -0.39 is 29.0 Å². The average Bonchev–Trinajstić information content (AvgIpc) is 2.80. The van der Waals surface area contributed by atoms with Crippen LogP contribution in [0.25, 0.3) is 0 Å². The molecule has 19 heavy (non-hydrogen) atoms. The number of anilines is 1. The normalized spacial score (nSPS) is 11.4. The van der Waals surface area contributed by atoms with Gasteiger partial charge in [-0.1, -0.05) is 10.6 Å². The molecule has 0 radical (unpaired) electrons. The van der Waals surface area contributed by atoms with Crippen molar-refractivity contribution in [2.45, 2.75) is 6.18 Å².